The van der Waals surface area contributed by atoms with Crippen molar-refractivity contribution in [1.82, 2.24) is 16.0 Å². The fraction of sp³-hybridized carbons (Fsp3) is 0.500. The third kappa shape index (κ3) is 10.2. The molecule has 1 aromatic carbocycles. The van der Waals surface area contributed by atoms with Gasteiger partial charge in [0.1, 0.15) is 23.9 Å². The van der Waals surface area contributed by atoms with Gasteiger partial charge >= 0.3 is 5.97 Å². The molecular formula is C22H33N5O7S. The van der Waals surface area contributed by atoms with E-state index in [1.165, 1.54) is 12.1 Å². The maximum Gasteiger partial charge on any atom is 0.326 e. The summed E-state index contributed by atoms with van der Waals surface area (Å²) in [5.41, 5.74) is 11.5. The molecule has 0 radical (unpaired) electrons. The van der Waals surface area contributed by atoms with Crippen LogP contribution in [0.5, 0.6) is 5.75 Å². The molecular weight excluding hydrogens is 478 g/mol. The number of carbonyl (C=O) groups excluding carboxylic acids is 4. The van der Waals surface area contributed by atoms with Crippen molar-refractivity contribution in [2.24, 2.45) is 17.4 Å². The molecule has 0 saturated carbocycles. The van der Waals surface area contributed by atoms with Gasteiger partial charge in [0.2, 0.25) is 23.6 Å². The van der Waals surface area contributed by atoms with Crippen molar-refractivity contribution in [3.8, 4) is 5.75 Å². The summed E-state index contributed by atoms with van der Waals surface area (Å²) < 4.78 is 0. The minimum atomic E-state index is -1.30. The number of hydrogen-bond donors (Lipinski definition) is 8. The highest BCUT2D eigenvalue weighted by Crippen LogP contribution is 2.12. The summed E-state index contributed by atoms with van der Waals surface area (Å²) in [7, 11) is 0. The first-order valence-electron chi connectivity index (χ1n) is 10.9. The van der Waals surface area contributed by atoms with Crippen LogP contribution in [0.1, 0.15) is 32.3 Å². The third-order valence-electron chi connectivity index (χ3n) is 5.09. The smallest absolute Gasteiger partial charge is 0.326 e. The molecule has 35 heavy (non-hydrogen) atoms. The van der Waals surface area contributed by atoms with Crippen molar-refractivity contribution in [2.75, 3.05) is 5.75 Å². The summed E-state index contributed by atoms with van der Waals surface area (Å²) in [6, 6.07) is 1.23. The van der Waals surface area contributed by atoms with E-state index in [0.717, 1.165) is 0 Å². The van der Waals surface area contributed by atoms with E-state index in [0.29, 0.717) is 5.56 Å². The van der Waals surface area contributed by atoms with Crippen molar-refractivity contribution < 1.29 is 34.2 Å². The van der Waals surface area contributed by atoms with Gasteiger partial charge in [-0.05, 0) is 30.0 Å². The average Bonchev–Trinajstić information content (AvgIpc) is 2.79. The molecule has 0 fully saturated rings. The van der Waals surface area contributed by atoms with Crippen LogP contribution < -0.4 is 27.4 Å². The predicted molar refractivity (Wildman–Crippen MR) is 130 cm³/mol. The molecule has 0 aliphatic rings. The van der Waals surface area contributed by atoms with Crippen molar-refractivity contribution in [2.45, 2.75) is 57.3 Å². The first-order valence-corrected chi connectivity index (χ1v) is 11.6. The summed E-state index contributed by atoms with van der Waals surface area (Å²) >= 11 is 3.97. The number of primary amides is 1. The zero-order valence-corrected chi connectivity index (χ0v) is 20.5. The molecule has 0 heterocycles. The van der Waals surface area contributed by atoms with Gasteiger partial charge in [0.15, 0.2) is 0 Å². The molecule has 194 valence electrons. The second-order valence-corrected chi connectivity index (χ2v) is 8.72. The zero-order valence-electron chi connectivity index (χ0n) is 19.6. The third-order valence-corrected chi connectivity index (χ3v) is 5.48. The van der Waals surface area contributed by atoms with Gasteiger partial charge in [-0.1, -0.05) is 26.0 Å². The Bertz CT molecular complexity index is 910. The maximum atomic E-state index is 13.1. The summed E-state index contributed by atoms with van der Waals surface area (Å²) in [5.74, 6) is -4.63. The SMILES string of the molecule is CC(C)C(NC(=O)C(CCC(N)=O)NC(=O)C(Cc1ccc(O)cc1)NC(=O)C(N)CS)C(=O)O. The lowest BCUT2D eigenvalue weighted by Crippen LogP contribution is -2.58. The van der Waals surface area contributed by atoms with E-state index in [2.05, 4.69) is 28.6 Å². The predicted octanol–water partition coefficient (Wildman–Crippen LogP) is -1.35. The summed E-state index contributed by atoms with van der Waals surface area (Å²) in [6.45, 7) is 3.20. The number of nitrogens with two attached hydrogens (primary N) is 2. The van der Waals surface area contributed by atoms with Gasteiger partial charge in [0.05, 0.1) is 6.04 Å². The molecule has 0 saturated heterocycles. The minimum absolute atomic E-state index is 0.00888. The fourth-order valence-electron chi connectivity index (χ4n) is 3.03. The Kier molecular flexibility index (Phi) is 12.0. The monoisotopic (exact) mass is 511 g/mol. The van der Waals surface area contributed by atoms with E-state index in [4.69, 9.17) is 11.5 Å². The fourth-order valence-corrected chi connectivity index (χ4v) is 3.20. The quantitative estimate of drug-likeness (QED) is 0.139. The number of carboxylic acid groups (broad SMARTS) is 1. The lowest BCUT2D eigenvalue weighted by atomic mass is 10.0. The Balaban J connectivity index is 3.14. The second kappa shape index (κ2) is 14.2. The molecule has 1 aromatic rings. The first-order chi connectivity index (χ1) is 16.3. The molecule has 0 spiro atoms. The number of nitrogens with one attached hydrogen (secondary N) is 3. The van der Waals surface area contributed by atoms with Crippen molar-refractivity contribution in [1.29, 1.82) is 0 Å². The van der Waals surface area contributed by atoms with Crippen molar-refractivity contribution >= 4 is 42.2 Å². The van der Waals surface area contributed by atoms with Crippen molar-refractivity contribution in [3.63, 3.8) is 0 Å². The lowest BCUT2D eigenvalue weighted by Gasteiger charge is -2.26. The molecule has 9 N–H and O–H groups in total. The van der Waals surface area contributed by atoms with E-state index in [1.54, 1.807) is 26.0 Å². The number of aromatic hydroxyl groups is 1. The summed E-state index contributed by atoms with van der Waals surface area (Å²) in [5, 5.41) is 26.2. The van der Waals surface area contributed by atoms with Crippen LogP contribution in [0.3, 0.4) is 0 Å². The topological polar surface area (TPSA) is 214 Å². The van der Waals surface area contributed by atoms with Gasteiger partial charge in [0.25, 0.3) is 0 Å². The molecule has 0 aromatic heterocycles. The van der Waals surface area contributed by atoms with Crippen LogP contribution >= 0.6 is 12.6 Å². The normalized spacial score (nSPS) is 14.3. The van der Waals surface area contributed by atoms with Gasteiger partial charge < -0.3 is 37.6 Å². The number of aliphatic carboxylic acids is 1. The zero-order chi connectivity index (χ0) is 26.7. The molecule has 0 bridgehead atoms. The lowest BCUT2D eigenvalue weighted by molar-refractivity contribution is -0.143. The molecule has 4 amide bonds. The number of phenolic OH excluding ortho intramolecular Hbond substituents is 1. The van der Waals surface area contributed by atoms with Crippen LogP contribution in [0, 0.1) is 5.92 Å². The van der Waals surface area contributed by atoms with E-state index in [1.807, 2.05) is 0 Å². The van der Waals surface area contributed by atoms with Crippen molar-refractivity contribution in [3.05, 3.63) is 29.8 Å². The van der Waals surface area contributed by atoms with E-state index in [9.17, 15) is 34.2 Å². The minimum Gasteiger partial charge on any atom is -0.508 e. The number of carbonyl (C=O) groups is 5. The summed E-state index contributed by atoms with van der Waals surface area (Å²) in [4.78, 5) is 61.1. The van der Waals surface area contributed by atoms with Crippen LogP contribution in [0.4, 0.5) is 0 Å². The molecule has 13 heteroatoms. The molecule has 0 aliphatic carbocycles. The number of rotatable bonds is 14. The van der Waals surface area contributed by atoms with E-state index in [-0.39, 0.29) is 30.8 Å². The van der Waals surface area contributed by atoms with Gasteiger partial charge in [-0.25, -0.2) is 4.79 Å². The Morgan fingerprint density at radius 1 is 0.943 bits per heavy atom. The average molecular weight is 512 g/mol. The standard InChI is InChI=1S/C22H33N5O7S/c1-11(2)18(22(33)34)27-20(31)15(7-8-17(24)29)25-21(32)16(26-19(30)14(23)10-35)9-12-3-5-13(28)6-4-12/h3-6,11,14-16,18,28,35H,7-10,23H2,1-2H3,(H2,24,29)(H,25,32)(H,26,30)(H,27,31)(H,33,34). The molecule has 1 rings (SSSR count). The first kappa shape index (κ1) is 29.7. The molecule has 12 nitrogen and oxygen atoms in total. The highest BCUT2D eigenvalue weighted by molar-refractivity contribution is 7.80. The Morgan fingerprint density at radius 3 is 1.97 bits per heavy atom. The van der Waals surface area contributed by atoms with Crippen LogP contribution in [-0.2, 0) is 30.4 Å². The highest BCUT2D eigenvalue weighted by Gasteiger charge is 2.31. The second-order valence-electron chi connectivity index (χ2n) is 8.36. The number of benzene rings is 1. The number of phenols is 1. The number of hydrogen-bond acceptors (Lipinski definition) is 8. The van der Waals surface area contributed by atoms with Crippen LogP contribution in [0.15, 0.2) is 24.3 Å². The molecule has 4 atom stereocenters. The van der Waals surface area contributed by atoms with Crippen LogP contribution in [-0.4, -0.2) is 69.7 Å². The highest BCUT2D eigenvalue weighted by atomic mass is 32.1. The summed E-state index contributed by atoms with van der Waals surface area (Å²) in [6.07, 6.45) is -0.449. The molecule has 4 unspecified atom stereocenters. The number of amides is 4. The number of carboxylic acids is 1. The molecule has 0 aliphatic heterocycles. The van der Waals surface area contributed by atoms with E-state index >= 15 is 0 Å². The van der Waals surface area contributed by atoms with Gasteiger partial charge in [0, 0.05) is 18.6 Å². The largest absolute Gasteiger partial charge is 0.508 e. The number of thiol groups is 1. The van der Waals surface area contributed by atoms with Gasteiger partial charge in [-0.15, -0.1) is 0 Å². The Morgan fingerprint density at radius 2 is 1.49 bits per heavy atom. The Labute approximate surface area is 208 Å². The Hall–Kier alpha value is -3.32. The van der Waals surface area contributed by atoms with Crippen LogP contribution in [0.2, 0.25) is 0 Å². The van der Waals surface area contributed by atoms with Gasteiger partial charge in [-0.3, -0.25) is 19.2 Å². The maximum absolute atomic E-state index is 13.1. The van der Waals surface area contributed by atoms with E-state index < -0.39 is 59.7 Å². The van der Waals surface area contributed by atoms with Gasteiger partial charge in [-0.2, -0.15) is 12.6 Å². The van der Waals surface area contributed by atoms with Crippen LogP contribution in [0.25, 0.3) is 0 Å².